The van der Waals surface area contributed by atoms with E-state index in [1.807, 2.05) is 55.5 Å². The Morgan fingerprint density at radius 2 is 1.59 bits per heavy atom. The summed E-state index contributed by atoms with van der Waals surface area (Å²) in [6.45, 7) is 6.95. The molecule has 4 amide bonds. The molecule has 0 radical (unpaired) electrons. The number of hydrogen-bond donors (Lipinski definition) is 3. The molecule has 0 aromatic heterocycles. The van der Waals surface area contributed by atoms with Gasteiger partial charge in [-0.2, -0.15) is 0 Å². The highest BCUT2D eigenvalue weighted by Crippen LogP contribution is 2.27. The molecule has 3 aromatic rings. The molecular formula is C30H36N4O5. The first kappa shape index (κ1) is 29.2. The number of ether oxygens (including phenoxy) is 1. The molecule has 0 saturated carbocycles. The molecule has 3 aromatic carbocycles. The van der Waals surface area contributed by atoms with E-state index in [-0.39, 0.29) is 12.8 Å². The van der Waals surface area contributed by atoms with Crippen molar-refractivity contribution in [3.8, 4) is 0 Å². The molecule has 0 aliphatic heterocycles. The van der Waals surface area contributed by atoms with E-state index in [2.05, 4.69) is 10.6 Å². The minimum atomic E-state index is -1.14. The fraction of sp³-hybridized carbons (Fsp3) is 0.333. The minimum Gasteiger partial charge on any atom is -0.444 e. The standard InChI is InChI=1S/C30H36N4O5/c1-19-10-6-9-13-23(19)26(27(36)32-22-15-14-20-11-7-8-12-21(20)18-22)34(5)28(37)24(16-17-25(31)35)33-29(38)39-30(2,3)4/h6-15,18,24,26H,16-17H2,1-5H3,(H2,31,35)(H,32,36)(H,33,38). The number of carbonyl (C=O) groups is 4. The number of alkyl carbamates (subject to hydrolysis) is 1. The maximum Gasteiger partial charge on any atom is 0.408 e. The molecule has 206 valence electrons. The molecule has 2 unspecified atom stereocenters. The van der Waals surface area contributed by atoms with Crippen LogP contribution in [0.4, 0.5) is 10.5 Å². The van der Waals surface area contributed by atoms with E-state index >= 15 is 0 Å². The van der Waals surface area contributed by atoms with E-state index in [4.69, 9.17) is 10.5 Å². The van der Waals surface area contributed by atoms with Crippen molar-refractivity contribution in [2.24, 2.45) is 5.73 Å². The Balaban J connectivity index is 1.93. The van der Waals surface area contributed by atoms with E-state index in [1.54, 1.807) is 39.0 Å². The van der Waals surface area contributed by atoms with E-state index in [0.29, 0.717) is 11.3 Å². The van der Waals surface area contributed by atoms with Crippen LogP contribution >= 0.6 is 0 Å². The minimum absolute atomic E-state index is 0.0511. The van der Waals surface area contributed by atoms with Gasteiger partial charge >= 0.3 is 6.09 Å². The van der Waals surface area contributed by atoms with Gasteiger partial charge in [0, 0.05) is 19.2 Å². The summed E-state index contributed by atoms with van der Waals surface area (Å²) in [5.74, 6) is -1.61. The quantitative estimate of drug-likeness (QED) is 0.375. The molecule has 3 rings (SSSR count). The van der Waals surface area contributed by atoms with Crippen molar-refractivity contribution < 1.29 is 23.9 Å². The van der Waals surface area contributed by atoms with Crippen LogP contribution in [0.5, 0.6) is 0 Å². The molecule has 39 heavy (non-hydrogen) atoms. The Morgan fingerprint density at radius 3 is 2.23 bits per heavy atom. The third-order valence-electron chi connectivity index (χ3n) is 6.15. The molecule has 2 atom stereocenters. The normalized spacial score (nSPS) is 12.7. The number of nitrogens with two attached hydrogens (primary N) is 1. The highest BCUT2D eigenvalue weighted by atomic mass is 16.6. The average molecular weight is 533 g/mol. The summed E-state index contributed by atoms with van der Waals surface area (Å²) in [7, 11) is 1.49. The van der Waals surface area contributed by atoms with E-state index in [0.717, 1.165) is 16.3 Å². The summed E-state index contributed by atoms with van der Waals surface area (Å²) < 4.78 is 5.31. The summed E-state index contributed by atoms with van der Waals surface area (Å²) in [4.78, 5) is 52.8. The van der Waals surface area contributed by atoms with Gasteiger partial charge in [0.25, 0.3) is 5.91 Å². The van der Waals surface area contributed by atoms with Crippen molar-refractivity contribution in [2.45, 2.75) is 58.2 Å². The fourth-order valence-corrected chi connectivity index (χ4v) is 4.26. The number of nitrogens with one attached hydrogen (secondary N) is 2. The summed E-state index contributed by atoms with van der Waals surface area (Å²) in [6, 6.07) is 18.5. The Labute approximate surface area is 228 Å². The maximum absolute atomic E-state index is 13.8. The van der Waals surface area contributed by atoms with Crippen LogP contribution < -0.4 is 16.4 Å². The summed E-state index contributed by atoms with van der Waals surface area (Å²) in [6.07, 6.45) is -1.00. The van der Waals surface area contributed by atoms with Crippen molar-refractivity contribution in [1.29, 1.82) is 0 Å². The molecule has 0 aliphatic rings. The lowest BCUT2D eigenvalue weighted by molar-refractivity contribution is -0.139. The van der Waals surface area contributed by atoms with Gasteiger partial charge in [0.1, 0.15) is 17.7 Å². The summed E-state index contributed by atoms with van der Waals surface area (Å²) in [5, 5.41) is 7.47. The molecule has 0 bridgehead atoms. The van der Waals surface area contributed by atoms with Gasteiger partial charge in [-0.1, -0.05) is 54.6 Å². The van der Waals surface area contributed by atoms with Gasteiger partial charge < -0.3 is 26.0 Å². The fourth-order valence-electron chi connectivity index (χ4n) is 4.26. The van der Waals surface area contributed by atoms with Crippen molar-refractivity contribution in [2.75, 3.05) is 12.4 Å². The lowest BCUT2D eigenvalue weighted by atomic mass is 9.98. The zero-order valence-corrected chi connectivity index (χ0v) is 23.0. The van der Waals surface area contributed by atoms with Crippen LogP contribution in [0.1, 0.15) is 50.8 Å². The van der Waals surface area contributed by atoms with Gasteiger partial charge in [-0.05, 0) is 68.1 Å². The number of fused-ring (bicyclic) bond motifs is 1. The number of benzene rings is 3. The second-order valence-electron chi connectivity index (χ2n) is 10.5. The number of amides is 4. The average Bonchev–Trinajstić information content (AvgIpc) is 2.86. The van der Waals surface area contributed by atoms with Crippen molar-refractivity contribution in [1.82, 2.24) is 10.2 Å². The number of likely N-dealkylation sites (N-methyl/N-ethyl adjacent to an activating group) is 1. The molecular weight excluding hydrogens is 496 g/mol. The molecule has 0 fully saturated rings. The SMILES string of the molecule is Cc1ccccc1C(C(=O)Nc1ccc2ccccc2c1)N(C)C(=O)C(CCC(N)=O)NC(=O)OC(C)(C)C. The van der Waals surface area contributed by atoms with Gasteiger partial charge in [0.2, 0.25) is 11.8 Å². The lowest BCUT2D eigenvalue weighted by Crippen LogP contribution is -2.51. The Bertz CT molecular complexity index is 1360. The number of primary amides is 1. The zero-order valence-electron chi connectivity index (χ0n) is 23.0. The van der Waals surface area contributed by atoms with Gasteiger partial charge in [0.05, 0.1) is 0 Å². The van der Waals surface area contributed by atoms with Crippen LogP contribution in [0.15, 0.2) is 66.7 Å². The van der Waals surface area contributed by atoms with Crippen molar-refractivity contribution >= 4 is 40.3 Å². The highest BCUT2D eigenvalue weighted by molar-refractivity contribution is 6.00. The third kappa shape index (κ3) is 8.04. The topological polar surface area (TPSA) is 131 Å². The predicted molar refractivity (Wildman–Crippen MR) is 151 cm³/mol. The van der Waals surface area contributed by atoms with Crippen LogP contribution in [0.3, 0.4) is 0 Å². The zero-order chi connectivity index (χ0) is 28.7. The molecule has 9 heteroatoms. The lowest BCUT2D eigenvalue weighted by Gasteiger charge is -2.32. The summed E-state index contributed by atoms with van der Waals surface area (Å²) in [5.41, 5.74) is 6.54. The first-order valence-corrected chi connectivity index (χ1v) is 12.8. The maximum atomic E-state index is 13.8. The smallest absolute Gasteiger partial charge is 0.408 e. The first-order chi connectivity index (χ1) is 18.4. The van der Waals surface area contributed by atoms with Crippen LogP contribution in [0.2, 0.25) is 0 Å². The molecule has 4 N–H and O–H groups in total. The largest absolute Gasteiger partial charge is 0.444 e. The third-order valence-corrected chi connectivity index (χ3v) is 6.15. The number of rotatable bonds is 9. The Hall–Kier alpha value is -4.40. The van der Waals surface area contributed by atoms with Crippen LogP contribution in [0.25, 0.3) is 10.8 Å². The number of aryl methyl sites for hydroxylation is 1. The van der Waals surface area contributed by atoms with E-state index < -0.39 is 41.5 Å². The molecule has 0 saturated heterocycles. The number of nitrogens with zero attached hydrogens (tertiary/aromatic N) is 1. The molecule has 0 heterocycles. The van der Waals surface area contributed by atoms with Crippen molar-refractivity contribution in [3.63, 3.8) is 0 Å². The van der Waals surface area contributed by atoms with Gasteiger partial charge in [-0.25, -0.2) is 4.79 Å². The van der Waals surface area contributed by atoms with Gasteiger partial charge in [-0.15, -0.1) is 0 Å². The van der Waals surface area contributed by atoms with E-state index in [1.165, 1.54) is 11.9 Å². The second-order valence-corrected chi connectivity index (χ2v) is 10.5. The van der Waals surface area contributed by atoms with Crippen molar-refractivity contribution in [3.05, 3.63) is 77.9 Å². The Morgan fingerprint density at radius 1 is 0.949 bits per heavy atom. The van der Waals surface area contributed by atoms with Crippen LogP contribution in [0, 0.1) is 6.92 Å². The second kappa shape index (κ2) is 12.4. The number of hydrogen-bond acceptors (Lipinski definition) is 5. The number of anilines is 1. The monoisotopic (exact) mass is 532 g/mol. The van der Waals surface area contributed by atoms with Crippen LogP contribution in [-0.4, -0.2) is 47.4 Å². The number of carbonyl (C=O) groups excluding carboxylic acids is 4. The van der Waals surface area contributed by atoms with Gasteiger partial charge in [-0.3, -0.25) is 14.4 Å². The predicted octanol–water partition coefficient (Wildman–Crippen LogP) is 4.45. The first-order valence-electron chi connectivity index (χ1n) is 12.8. The molecule has 0 spiro atoms. The highest BCUT2D eigenvalue weighted by Gasteiger charge is 2.35. The summed E-state index contributed by atoms with van der Waals surface area (Å²) >= 11 is 0. The Kier molecular flexibility index (Phi) is 9.29. The molecule has 9 nitrogen and oxygen atoms in total. The van der Waals surface area contributed by atoms with Crippen LogP contribution in [-0.2, 0) is 19.1 Å². The van der Waals surface area contributed by atoms with Gasteiger partial charge in [0.15, 0.2) is 0 Å². The molecule has 0 aliphatic carbocycles. The van der Waals surface area contributed by atoms with E-state index in [9.17, 15) is 19.2 Å².